The number of amides is 2. The van der Waals surface area contributed by atoms with E-state index in [1.165, 1.54) is 28.8 Å². The predicted molar refractivity (Wildman–Crippen MR) is 167 cm³/mol. The third kappa shape index (κ3) is 8.19. The number of rotatable bonds is 15. The first kappa shape index (κ1) is 32.8. The van der Waals surface area contributed by atoms with Gasteiger partial charge in [-0.15, -0.1) is 11.8 Å². The van der Waals surface area contributed by atoms with Crippen molar-refractivity contribution in [1.82, 2.24) is 10.2 Å². The van der Waals surface area contributed by atoms with Crippen molar-refractivity contribution in [2.75, 3.05) is 37.4 Å². The SMILES string of the molecule is CCCNC(=O)[C@@H](C)N(Cc1cccc(OC)c1)C(=O)CN(c1ccccc1OCC)S(=O)(=O)c1ccc(SC)cc1. The van der Waals surface area contributed by atoms with Crippen LogP contribution in [-0.2, 0) is 26.2 Å². The first-order valence-corrected chi connectivity index (χ1v) is 16.4. The van der Waals surface area contributed by atoms with Crippen LogP contribution in [0, 0.1) is 0 Å². The first-order valence-electron chi connectivity index (χ1n) is 13.7. The minimum atomic E-state index is -4.22. The van der Waals surface area contributed by atoms with Gasteiger partial charge in [0.15, 0.2) is 0 Å². The van der Waals surface area contributed by atoms with Crippen LogP contribution in [0.5, 0.6) is 11.5 Å². The van der Waals surface area contributed by atoms with E-state index in [9.17, 15) is 18.0 Å². The second kappa shape index (κ2) is 15.5. The number of ether oxygens (including phenoxy) is 2. The van der Waals surface area contributed by atoms with Crippen LogP contribution in [0.3, 0.4) is 0 Å². The largest absolute Gasteiger partial charge is 0.497 e. The molecule has 11 heteroatoms. The van der Waals surface area contributed by atoms with Crippen molar-refractivity contribution in [3.8, 4) is 11.5 Å². The van der Waals surface area contributed by atoms with Crippen LogP contribution in [0.4, 0.5) is 5.69 Å². The lowest BCUT2D eigenvalue weighted by atomic mass is 10.1. The topological polar surface area (TPSA) is 105 Å². The number of anilines is 1. The summed E-state index contributed by atoms with van der Waals surface area (Å²) >= 11 is 1.50. The fraction of sp³-hybridized carbons (Fsp3) is 0.355. The van der Waals surface area contributed by atoms with Crippen LogP contribution in [0.15, 0.2) is 82.6 Å². The van der Waals surface area contributed by atoms with Crippen molar-refractivity contribution < 1.29 is 27.5 Å². The lowest BCUT2D eigenvalue weighted by Crippen LogP contribution is -2.51. The van der Waals surface area contributed by atoms with Crippen LogP contribution in [0.1, 0.15) is 32.8 Å². The van der Waals surface area contributed by atoms with E-state index in [0.717, 1.165) is 21.2 Å². The Kier molecular flexibility index (Phi) is 12.1. The van der Waals surface area contributed by atoms with Gasteiger partial charge in [0.1, 0.15) is 24.1 Å². The van der Waals surface area contributed by atoms with E-state index in [0.29, 0.717) is 24.7 Å². The van der Waals surface area contributed by atoms with Crippen molar-refractivity contribution in [2.45, 2.75) is 49.6 Å². The Morgan fingerprint density at radius 2 is 1.71 bits per heavy atom. The molecular weight excluding hydrogens is 574 g/mol. The third-order valence-electron chi connectivity index (χ3n) is 6.56. The summed E-state index contributed by atoms with van der Waals surface area (Å²) in [5.41, 5.74) is 0.959. The fourth-order valence-electron chi connectivity index (χ4n) is 4.28. The molecule has 0 aliphatic carbocycles. The van der Waals surface area contributed by atoms with Gasteiger partial charge in [0.05, 0.1) is 24.3 Å². The zero-order valence-corrected chi connectivity index (χ0v) is 26.3. The molecule has 0 aromatic heterocycles. The number of nitrogens with zero attached hydrogens (tertiary/aromatic N) is 2. The van der Waals surface area contributed by atoms with Gasteiger partial charge < -0.3 is 19.7 Å². The Bertz CT molecular complexity index is 1450. The van der Waals surface area contributed by atoms with E-state index in [4.69, 9.17) is 9.47 Å². The molecule has 1 atom stereocenters. The molecular formula is C31H39N3O6S2. The van der Waals surface area contributed by atoms with Crippen LogP contribution >= 0.6 is 11.8 Å². The zero-order valence-electron chi connectivity index (χ0n) is 24.7. The van der Waals surface area contributed by atoms with Gasteiger partial charge in [-0.25, -0.2) is 8.42 Å². The Labute approximate surface area is 253 Å². The molecule has 0 aliphatic rings. The summed E-state index contributed by atoms with van der Waals surface area (Å²) in [6, 6.07) is 19.5. The maximum absolute atomic E-state index is 14.1. The molecule has 3 aromatic rings. The van der Waals surface area contributed by atoms with E-state index >= 15 is 0 Å². The number of carbonyl (C=O) groups excluding carboxylic acids is 2. The maximum Gasteiger partial charge on any atom is 0.264 e. The molecule has 0 saturated heterocycles. The van der Waals surface area contributed by atoms with Crippen LogP contribution < -0.4 is 19.1 Å². The number of hydrogen-bond acceptors (Lipinski definition) is 7. The highest BCUT2D eigenvalue weighted by atomic mass is 32.2. The van der Waals surface area contributed by atoms with Crippen molar-refractivity contribution in [2.24, 2.45) is 0 Å². The molecule has 0 spiro atoms. The van der Waals surface area contributed by atoms with Crippen LogP contribution in [0.2, 0.25) is 0 Å². The molecule has 0 unspecified atom stereocenters. The van der Waals surface area contributed by atoms with Gasteiger partial charge in [0.2, 0.25) is 11.8 Å². The standard InChI is InChI=1S/C31H39N3O6S2/c1-6-19-32-31(36)23(3)33(21-24-11-10-12-25(20-24)39-4)30(35)22-34(28-13-8-9-14-29(28)40-7-2)42(37,38)27-17-15-26(41-5)16-18-27/h8-18,20,23H,6-7,19,21-22H2,1-5H3,(H,32,36)/t23-/m1/s1. The number of sulfonamides is 1. The smallest absolute Gasteiger partial charge is 0.264 e. The molecule has 0 bridgehead atoms. The first-order chi connectivity index (χ1) is 20.2. The molecule has 9 nitrogen and oxygen atoms in total. The number of carbonyl (C=O) groups is 2. The summed E-state index contributed by atoms with van der Waals surface area (Å²) in [4.78, 5) is 29.5. The average molecular weight is 614 g/mol. The normalized spacial score (nSPS) is 11.8. The summed E-state index contributed by atoms with van der Waals surface area (Å²) in [7, 11) is -2.67. The number of methoxy groups -OCH3 is 1. The molecule has 0 heterocycles. The van der Waals surface area contributed by atoms with Gasteiger partial charge in [-0.1, -0.05) is 31.2 Å². The van der Waals surface area contributed by atoms with Gasteiger partial charge in [0.25, 0.3) is 10.0 Å². The lowest BCUT2D eigenvalue weighted by Gasteiger charge is -2.32. The second-order valence-electron chi connectivity index (χ2n) is 9.43. The van der Waals surface area contributed by atoms with Crippen LogP contribution in [0.25, 0.3) is 0 Å². The van der Waals surface area contributed by atoms with E-state index in [2.05, 4.69) is 5.32 Å². The molecule has 226 valence electrons. The van der Waals surface area contributed by atoms with Crippen molar-refractivity contribution in [3.63, 3.8) is 0 Å². The van der Waals surface area contributed by atoms with Crippen molar-refractivity contribution in [3.05, 3.63) is 78.4 Å². The lowest BCUT2D eigenvalue weighted by molar-refractivity contribution is -0.139. The number of nitrogens with one attached hydrogen (secondary N) is 1. The van der Waals surface area contributed by atoms with Crippen molar-refractivity contribution in [1.29, 1.82) is 0 Å². The number of hydrogen-bond donors (Lipinski definition) is 1. The minimum absolute atomic E-state index is 0.0347. The molecule has 3 aromatic carbocycles. The van der Waals surface area contributed by atoms with E-state index in [1.807, 2.05) is 19.2 Å². The molecule has 2 amide bonds. The Morgan fingerprint density at radius 1 is 1.00 bits per heavy atom. The highest BCUT2D eigenvalue weighted by molar-refractivity contribution is 7.98. The summed E-state index contributed by atoms with van der Waals surface area (Å²) in [5.74, 6) is 0.0502. The van der Waals surface area contributed by atoms with E-state index in [1.54, 1.807) is 75.6 Å². The van der Waals surface area contributed by atoms with Crippen LogP contribution in [-0.4, -0.2) is 64.2 Å². The number of benzene rings is 3. The van der Waals surface area contributed by atoms with Gasteiger partial charge in [0, 0.05) is 18.0 Å². The molecule has 0 fully saturated rings. The third-order valence-corrected chi connectivity index (χ3v) is 9.08. The molecule has 3 rings (SSSR count). The molecule has 0 aliphatic heterocycles. The zero-order chi connectivity index (χ0) is 30.7. The monoisotopic (exact) mass is 613 g/mol. The quantitative estimate of drug-likeness (QED) is 0.242. The fourth-order valence-corrected chi connectivity index (χ4v) is 6.11. The highest BCUT2D eigenvalue weighted by Gasteiger charge is 2.33. The molecule has 0 radical (unpaired) electrons. The van der Waals surface area contributed by atoms with Gasteiger partial charge in [-0.05, 0) is 80.6 Å². The van der Waals surface area contributed by atoms with Crippen molar-refractivity contribution >= 4 is 39.3 Å². The summed E-state index contributed by atoms with van der Waals surface area (Å²) in [6.07, 6.45) is 2.64. The highest BCUT2D eigenvalue weighted by Crippen LogP contribution is 2.33. The predicted octanol–water partition coefficient (Wildman–Crippen LogP) is 4.95. The van der Waals surface area contributed by atoms with Gasteiger partial charge in [-0.2, -0.15) is 0 Å². The minimum Gasteiger partial charge on any atom is -0.497 e. The summed E-state index contributed by atoms with van der Waals surface area (Å²) in [6.45, 7) is 5.66. The maximum atomic E-state index is 14.1. The van der Waals surface area contributed by atoms with Gasteiger partial charge in [-0.3, -0.25) is 13.9 Å². The van der Waals surface area contributed by atoms with E-state index < -0.39 is 28.5 Å². The number of para-hydroxylation sites is 2. The van der Waals surface area contributed by atoms with E-state index in [-0.39, 0.29) is 23.0 Å². The molecule has 1 N–H and O–H groups in total. The van der Waals surface area contributed by atoms with Gasteiger partial charge >= 0.3 is 0 Å². The second-order valence-corrected chi connectivity index (χ2v) is 12.2. The summed E-state index contributed by atoms with van der Waals surface area (Å²) < 4.78 is 40.4. The summed E-state index contributed by atoms with van der Waals surface area (Å²) in [5, 5.41) is 2.84. The molecule has 0 saturated carbocycles. The Hall–Kier alpha value is -3.70. The average Bonchev–Trinajstić information content (AvgIpc) is 3.01. The number of thioether (sulfide) groups is 1. The Morgan fingerprint density at radius 3 is 2.36 bits per heavy atom. The Balaban J connectivity index is 2.08. The molecule has 42 heavy (non-hydrogen) atoms.